The van der Waals surface area contributed by atoms with E-state index in [1.54, 1.807) is 18.5 Å². The van der Waals surface area contributed by atoms with Gasteiger partial charge in [0, 0.05) is 25.3 Å². The summed E-state index contributed by atoms with van der Waals surface area (Å²) in [5, 5.41) is 0. The molecule has 1 saturated heterocycles. The number of nitrogens with zero attached hydrogens (tertiary/aromatic N) is 3. The number of pyridine rings is 1. The number of carbonyl (C=O) groups excluding carboxylic acids is 1. The molecule has 20 heavy (non-hydrogen) atoms. The Morgan fingerprint density at radius 3 is 3.05 bits per heavy atom. The number of carbonyl (C=O) groups is 1. The first kappa shape index (κ1) is 14.7. The van der Waals surface area contributed by atoms with Gasteiger partial charge in [-0.05, 0) is 32.5 Å². The lowest BCUT2D eigenvalue weighted by atomic mass is 10.1. The van der Waals surface area contributed by atoms with Gasteiger partial charge >= 0.3 is 0 Å². The molecule has 0 radical (unpaired) electrons. The van der Waals surface area contributed by atoms with Gasteiger partial charge in [0.05, 0.1) is 17.4 Å². The van der Waals surface area contributed by atoms with Crippen LogP contribution in [0.25, 0.3) is 0 Å². The van der Waals surface area contributed by atoms with Gasteiger partial charge in [-0.3, -0.25) is 15.6 Å². The Kier molecular flexibility index (Phi) is 4.92. The molecule has 1 atom stereocenters. The van der Waals surface area contributed by atoms with Crippen LogP contribution in [0.4, 0.5) is 5.69 Å². The van der Waals surface area contributed by atoms with Gasteiger partial charge in [-0.1, -0.05) is 6.92 Å². The van der Waals surface area contributed by atoms with Crippen LogP contribution in [-0.2, 0) is 0 Å². The van der Waals surface area contributed by atoms with Crippen LogP contribution < -0.4 is 11.3 Å². The minimum atomic E-state index is 0.0301. The van der Waals surface area contributed by atoms with Crippen LogP contribution >= 0.6 is 0 Å². The maximum absolute atomic E-state index is 12.8. The number of nitrogen functional groups attached to an aromatic ring is 1. The van der Waals surface area contributed by atoms with Gasteiger partial charge in [0.25, 0.3) is 5.91 Å². The monoisotopic (exact) mass is 277 g/mol. The molecule has 0 aliphatic carbocycles. The largest absolute Gasteiger partial charge is 0.334 e. The van der Waals surface area contributed by atoms with Crippen molar-refractivity contribution in [3.63, 3.8) is 0 Å². The summed E-state index contributed by atoms with van der Waals surface area (Å²) in [5.74, 6) is 5.50. The van der Waals surface area contributed by atoms with Crippen molar-refractivity contribution in [2.75, 3.05) is 32.1 Å². The number of nitrogens with two attached hydrogens (primary N) is 1. The molecule has 1 aromatic rings. The molecule has 0 saturated carbocycles. The second-order valence-corrected chi connectivity index (χ2v) is 5.24. The fraction of sp³-hybridized carbons (Fsp3) is 0.571. The molecule has 6 heteroatoms. The summed E-state index contributed by atoms with van der Waals surface area (Å²) in [7, 11) is 2.11. The van der Waals surface area contributed by atoms with Crippen LogP contribution in [0, 0.1) is 0 Å². The van der Waals surface area contributed by atoms with Crippen molar-refractivity contribution in [3.8, 4) is 0 Å². The Bertz CT molecular complexity index is 465. The molecule has 1 amide bonds. The van der Waals surface area contributed by atoms with Gasteiger partial charge in [0.2, 0.25) is 0 Å². The van der Waals surface area contributed by atoms with Crippen LogP contribution in [-0.4, -0.2) is 53.4 Å². The molecule has 6 nitrogen and oxygen atoms in total. The minimum Gasteiger partial charge on any atom is -0.334 e. The fourth-order valence-corrected chi connectivity index (χ4v) is 2.71. The third-order valence-electron chi connectivity index (χ3n) is 3.84. The van der Waals surface area contributed by atoms with Crippen molar-refractivity contribution in [1.82, 2.24) is 14.8 Å². The molecule has 3 N–H and O–H groups in total. The predicted octanol–water partition coefficient (Wildman–Crippen LogP) is 0.924. The molecule has 1 aromatic heterocycles. The van der Waals surface area contributed by atoms with Gasteiger partial charge in [0.1, 0.15) is 0 Å². The van der Waals surface area contributed by atoms with Crippen molar-refractivity contribution in [3.05, 3.63) is 24.0 Å². The van der Waals surface area contributed by atoms with Crippen molar-refractivity contribution < 1.29 is 4.79 Å². The van der Waals surface area contributed by atoms with E-state index in [2.05, 4.69) is 29.3 Å². The van der Waals surface area contributed by atoms with E-state index in [0.717, 1.165) is 32.5 Å². The van der Waals surface area contributed by atoms with Crippen LogP contribution in [0.3, 0.4) is 0 Å². The first-order valence-corrected chi connectivity index (χ1v) is 7.07. The highest BCUT2D eigenvalue weighted by Crippen LogP contribution is 2.19. The Labute approximate surface area is 119 Å². The van der Waals surface area contributed by atoms with Crippen LogP contribution in [0.15, 0.2) is 18.5 Å². The average Bonchev–Trinajstić information content (AvgIpc) is 2.67. The summed E-state index contributed by atoms with van der Waals surface area (Å²) in [4.78, 5) is 21.0. The minimum absolute atomic E-state index is 0.0301. The Morgan fingerprint density at radius 1 is 1.55 bits per heavy atom. The van der Waals surface area contributed by atoms with E-state index in [0.29, 0.717) is 11.3 Å². The lowest BCUT2D eigenvalue weighted by molar-refractivity contribution is 0.0676. The van der Waals surface area contributed by atoms with Gasteiger partial charge in [-0.15, -0.1) is 0 Å². The van der Waals surface area contributed by atoms with Crippen LogP contribution in [0.1, 0.15) is 30.1 Å². The Balaban J connectivity index is 2.25. The number of likely N-dealkylation sites (N-methyl/N-ethyl adjacent to an activating group) is 1. The lowest BCUT2D eigenvalue weighted by Gasteiger charge is -2.30. The van der Waals surface area contributed by atoms with E-state index in [-0.39, 0.29) is 11.9 Å². The molecule has 0 aromatic carbocycles. The zero-order chi connectivity index (χ0) is 14.5. The normalized spacial score (nSPS) is 20.6. The number of rotatable bonds is 3. The standard InChI is InChI=1S/C14H23N5O/c1-3-11-10-18(2)7-4-8-19(11)14(20)12-5-6-16-9-13(12)17-15/h5-6,9,11,17H,3-4,7-8,10,15H2,1-2H3. The number of hydrogen-bond acceptors (Lipinski definition) is 5. The van der Waals surface area contributed by atoms with E-state index in [1.165, 1.54) is 0 Å². The second-order valence-electron chi connectivity index (χ2n) is 5.24. The number of hydrogen-bond donors (Lipinski definition) is 2. The van der Waals surface area contributed by atoms with Gasteiger partial charge in [-0.2, -0.15) is 0 Å². The molecular formula is C14H23N5O. The van der Waals surface area contributed by atoms with Crippen LogP contribution in [0.2, 0.25) is 0 Å². The van der Waals surface area contributed by atoms with Gasteiger partial charge in [0.15, 0.2) is 0 Å². The Hall–Kier alpha value is -1.66. The molecule has 2 heterocycles. The SMILES string of the molecule is CCC1CN(C)CCCN1C(=O)c1ccncc1NN. The Morgan fingerprint density at radius 2 is 2.35 bits per heavy atom. The summed E-state index contributed by atoms with van der Waals surface area (Å²) in [6.45, 7) is 4.85. The highest BCUT2D eigenvalue weighted by Gasteiger charge is 2.27. The summed E-state index contributed by atoms with van der Waals surface area (Å²) in [5.41, 5.74) is 3.71. The summed E-state index contributed by atoms with van der Waals surface area (Å²) in [6, 6.07) is 1.97. The first-order chi connectivity index (χ1) is 9.67. The number of nitrogens with one attached hydrogen (secondary N) is 1. The molecule has 1 fully saturated rings. The van der Waals surface area contributed by atoms with E-state index in [9.17, 15) is 4.79 Å². The summed E-state index contributed by atoms with van der Waals surface area (Å²) >= 11 is 0. The second kappa shape index (κ2) is 6.67. The summed E-state index contributed by atoms with van der Waals surface area (Å²) in [6.07, 6.45) is 5.15. The van der Waals surface area contributed by atoms with Gasteiger partial charge in [-0.25, -0.2) is 0 Å². The third-order valence-corrected chi connectivity index (χ3v) is 3.84. The smallest absolute Gasteiger partial charge is 0.256 e. The number of amides is 1. The summed E-state index contributed by atoms with van der Waals surface area (Å²) < 4.78 is 0. The molecule has 0 bridgehead atoms. The molecule has 1 unspecified atom stereocenters. The zero-order valence-electron chi connectivity index (χ0n) is 12.2. The molecular weight excluding hydrogens is 254 g/mol. The van der Waals surface area contributed by atoms with E-state index in [4.69, 9.17) is 5.84 Å². The average molecular weight is 277 g/mol. The first-order valence-electron chi connectivity index (χ1n) is 7.07. The maximum Gasteiger partial charge on any atom is 0.256 e. The van der Waals surface area contributed by atoms with Crippen molar-refractivity contribution >= 4 is 11.6 Å². The lowest BCUT2D eigenvalue weighted by Crippen LogP contribution is -2.43. The predicted molar refractivity (Wildman–Crippen MR) is 79.3 cm³/mol. The zero-order valence-corrected chi connectivity index (χ0v) is 12.2. The van der Waals surface area contributed by atoms with E-state index < -0.39 is 0 Å². The van der Waals surface area contributed by atoms with Gasteiger partial charge < -0.3 is 15.2 Å². The fourth-order valence-electron chi connectivity index (χ4n) is 2.71. The van der Waals surface area contributed by atoms with E-state index >= 15 is 0 Å². The van der Waals surface area contributed by atoms with Crippen molar-refractivity contribution in [2.45, 2.75) is 25.8 Å². The molecule has 0 spiro atoms. The van der Waals surface area contributed by atoms with Crippen LogP contribution in [0.5, 0.6) is 0 Å². The highest BCUT2D eigenvalue weighted by molar-refractivity contribution is 5.99. The maximum atomic E-state index is 12.8. The topological polar surface area (TPSA) is 74.5 Å². The quantitative estimate of drug-likeness (QED) is 0.635. The number of hydrazine groups is 1. The molecule has 2 rings (SSSR count). The number of anilines is 1. The third kappa shape index (κ3) is 3.08. The number of aromatic nitrogens is 1. The van der Waals surface area contributed by atoms with E-state index in [1.807, 2.05) is 4.90 Å². The van der Waals surface area contributed by atoms with Crippen molar-refractivity contribution in [1.29, 1.82) is 0 Å². The van der Waals surface area contributed by atoms with Crippen molar-refractivity contribution in [2.24, 2.45) is 5.84 Å². The molecule has 1 aliphatic rings. The molecule has 1 aliphatic heterocycles. The highest BCUT2D eigenvalue weighted by atomic mass is 16.2. The molecule has 110 valence electrons.